The van der Waals surface area contributed by atoms with E-state index in [1.54, 1.807) is 13.0 Å². The Kier molecular flexibility index (Phi) is 3.36. The van der Waals surface area contributed by atoms with Crippen LogP contribution in [0.4, 0.5) is 5.69 Å². The summed E-state index contributed by atoms with van der Waals surface area (Å²) in [6.45, 7) is 1.80. The monoisotopic (exact) mass is 302 g/mol. The topological polar surface area (TPSA) is 111 Å². The zero-order chi connectivity index (χ0) is 15.9. The van der Waals surface area contributed by atoms with Crippen LogP contribution >= 0.6 is 0 Å². The molecule has 0 atom stereocenters. The molecule has 1 aliphatic carbocycles. The Morgan fingerprint density at radius 1 is 1.45 bits per heavy atom. The van der Waals surface area contributed by atoms with E-state index >= 15 is 0 Å². The van der Waals surface area contributed by atoms with Gasteiger partial charge in [-0.2, -0.15) is 0 Å². The van der Waals surface area contributed by atoms with Crippen molar-refractivity contribution in [1.29, 1.82) is 0 Å². The van der Waals surface area contributed by atoms with Crippen molar-refractivity contribution in [2.24, 2.45) is 0 Å². The summed E-state index contributed by atoms with van der Waals surface area (Å²) < 4.78 is 1.44. The third kappa shape index (κ3) is 2.22. The summed E-state index contributed by atoms with van der Waals surface area (Å²) in [5.41, 5.74) is 1.66. The first-order valence-electron chi connectivity index (χ1n) is 6.93. The third-order valence-corrected chi connectivity index (χ3v) is 4.03. The first-order valence-corrected chi connectivity index (χ1v) is 6.93. The molecule has 0 amide bonds. The number of benzene rings is 1. The number of aryl methyl sites for hydroxylation is 1. The molecular weight excluding hydrogens is 288 g/mol. The number of hydrogen-bond acceptors (Lipinski definition) is 5. The second kappa shape index (κ2) is 5.21. The van der Waals surface area contributed by atoms with Gasteiger partial charge in [0.05, 0.1) is 16.3 Å². The summed E-state index contributed by atoms with van der Waals surface area (Å²) in [6.07, 6.45) is 2.78. The number of nitro groups is 1. The van der Waals surface area contributed by atoms with E-state index in [1.807, 2.05) is 0 Å². The molecule has 1 fully saturated rings. The molecule has 1 aromatic carbocycles. The van der Waals surface area contributed by atoms with E-state index in [0.717, 1.165) is 24.8 Å². The number of nitro benzene ring substituents is 1. The number of carbonyl (C=O) groups is 1. The molecule has 22 heavy (non-hydrogen) atoms. The van der Waals surface area contributed by atoms with Crippen molar-refractivity contribution in [1.82, 2.24) is 15.0 Å². The number of aromatic nitrogens is 3. The Hall–Kier alpha value is -2.77. The number of carboxylic acid groups (broad SMARTS) is 1. The second-order valence-electron chi connectivity index (χ2n) is 5.40. The molecule has 8 heteroatoms. The summed E-state index contributed by atoms with van der Waals surface area (Å²) in [4.78, 5) is 21.8. The Morgan fingerprint density at radius 3 is 2.73 bits per heavy atom. The van der Waals surface area contributed by atoms with Crippen molar-refractivity contribution in [2.45, 2.75) is 32.1 Å². The van der Waals surface area contributed by atoms with Gasteiger partial charge in [-0.1, -0.05) is 17.7 Å². The molecule has 1 heterocycles. The maximum Gasteiger partial charge on any atom is 0.358 e. The lowest BCUT2D eigenvalue weighted by Crippen LogP contribution is -2.18. The summed E-state index contributed by atoms with van der Waals surface area (Å²) in [6, 6.07) is 4.44. The van der Waals surface area contributed by atoms with E-state index in [4.69, 9.17) is 0 Å². The Labute approximate surface area is 125 Å². The predicted molar refractivity (Wildman–Crippen MR) is 76.3 cm³/mol. The highest BCUT2D eigenvalue weighted by molar-refractivity contribution is 5.87. The smallest absolute Gasteiger partial charge is 0.358 e. The number of hydrogen-bond donors (Lipinski definition) is 1. The van der Waals surface area contributed by atoms with Gasteiger partial charge >= 0.3 is 5.97 Å². The van der Waals surface area contributed by atoms with Gasteiger partial charge in [-0.25, -0.2) is 9.48 Å². The van der Waals surface area contributed by atoms with E-state index in [2.05, 4.69) is 10.3 Å². The maximum atomic E-state index is 11.3. The summed E-state index contributed by atoms with van der Waals surface area (Å²) in [5.74, 6) is -1.05. The van der Waals surface area contributed by atoms with E-state index in [1.165, 1.54) is 16.8 Å². The highest BCUT2D eigenvalue weighted by Gasteiger charge is 2.31. The van der Waals surface area contributed by atoms with Crippen molar-refractivity contribution in [3.8, 4) is 5.69 Å². The van der Waals surface area contributed by atoms with Gasteiger partial charge < -0.3 is 5.11 Å². The van der Waals surface area contributed by atoms with Crippen molar-refractivity contribution in [3.05, 3.63) is 45.3 Å². The fourth-order valence-corrected chi connectivity index (χ4v) is 2.61. The molecule has 0 saturated heterocycles. The Balaban J connectivity index is 2.18. The van der Waals surface area contributed by atoms with E-state index < -0.39 is 10.9 Å². The Morgan fingerprint density at radius 2 is 2.18 bits per heavy atom. The molecule has 1 N–H and O–H groups in total. The molecular formula is C14H14N4O4. The minimum absolute atomic E-state index is 0.0625. The molecule has 0 spiro atoms. The van der Waals surface area contributed by atoms with Gasteiger partial charge in [-0.05, 0) is 25.3 Å². The minimum atomic E-state index is -1.13. The van der Waals surface area contributed by atoms with Crippen LogP contribution in [0.15, 0.2) is 18.2 Å². The van der Waals surface area contributed by atoms with Crippen LogP contribution in [-0.4, -0.2) is 31.0 Å². The quantitative estimate of drug-likeness (QED) is 0.686. The molecule has 114 valence electrons. The standard InChI is InChI=1S/C14H14N4O4/c1-8-5-6-10(18(21)22)7-11(8)17-13(9-3-2-4-9)12(14(19)20)15-16-17/h5-7,9H,2-4H2,1H3,(H,19,20). The highest BCUT2D eigenvalue weighted by atomic mass is 16.6. The van der Waals surface area contributed by atoms with Gasteiger partial charge in [0.1, 0.15) is 0 Å². The van der Waals surface area contributed by atoms with Gasteiger partial charge in [-0.15, -0.1) is 5.10 Å². The van der Waals surface area contributed by atoms with Crippen molar-refractivity contribution in [2.75, 3.05) is 0 Å². The van der Waals surface area contributed by atoms with Crippen molar-refractivity contribution in [3.63, 3.8) is 0 Å². The van der Waals surface area contributed by atoms with Crippen LogP contribution < -0.4 is 0 Å². The number of aromatic carboxylic acids is 1. The van der Waals surface area contributed by atoms with Gasteiger partial charge in [-0.3, -0.25) is 10.1 Å². The fourth-order valence-electron chi connectivity index (χ4n) is 2.61. The van der Waals surface area contributed by atoms with Gasteiger partial charge in [0.25, 0.3) is 5.69 Å². The minimum Gasteiger partial charge on any atom is -0.476 e. The SMILES string of the molecule is Cc1ccc([N+](=O)[O-])cc1-n1nnc(C(=O)O)c1C1CCC1. The van der Waals surface area contributed by atoms with Gasteiger partial charge in [0.15, 0.2) is 5.69 Å². The second-order valence-corrected chi connectivity index (χ2v) is 5.40. The molecule has 3 rings (SSSR count). The summed E-state index contributed by atoms with van der Waals surface area (Å²) >= 11 is 0. The lowest BCUT2D eigenvalue weighted by molar-refractivity contribution is -0.384. The van der Waals surface area contributed by atoms with Crippen LogP contribution in [0.25, 0.3) is 5.69 Å². The first kappa shape index (κ1) is 14.2. The van der Waals surface area contributed by atoms with Crippen LogP contribution in [0.1, 0.15) is 46.9 Å². The molecule has 0 radical (unpaired) electrons. The molecule has 0 bridgehead atoms. The molecule has 1 saturated carbocycles. The van der Waals surface area contributed by atoms with Crippen LogP contribution in [0, 0.1) is 17.0 Å². The number of nitrogens with zero attached hydrogens (tertiary/aromatic N) is 4. The number of rotatable bonds is 4. The predicted octanol–water partition coefficient (Wildman–Crippen LogP) is 2.45. The molecule has 1 aromatic heterocycles. The van der Waals surface area contributed by atoms with E-state index in [-0.39, 0.29) is 17.3 Å². The summed E-state index contributed by atoms with van der Waals surface area (Å²) in [5, 5.41) is 27.9. The zero-order valence-corrected chi connectivity index (χ0v) is 11.9. The molecule has 8 nitrogen and oxygen atoms in total. The number of non-ortho nitro benzene ring substituents is 1. The lowest BCUT2D eigenvalue weighted by atomic mass is 9.82. The molecule has 0 aliphatic heterocycles. The average Bonchev–Trinajstić information content (AvgIpc) is 2.81. The van der Waals surface area contributed by atoms with Crippen molar-refractivity contribution < 1.29 is 14.8 Å². The largest absolute Gasteiger partial charge is 0.476 e. The van der Waals surface area contributed by atoms with Crippen LogP contribution in [-0.2, 0) is 0 Å². The maximum absolute atomic E-state index is 11.3. The van der Waals surface area contributed by atoms with Crippen LogP contribution in [0.2, 0.25) is 0 Å². The molecule has 1 aliphatic rings. The first-order chi connectivity index (χ1) is 10.5. The van der Waals surface area contributed by atoms with Crippen LogP contribution in [0.5, 0.6) is 0 Å². The fraction of sp³-hybridized carbons (Fsp3) is 0.357. The van der Waals surface area contributed by atoms with Gasteiger partial charge in [0, 0.05) is 18.1 Å². The van der Waals surface area contributed by atoms with E-state index in [9.17, 15) is 20.0 Å². The summed E-state index contributed by atoms with van der Waals surface area (Å²) in [7, 11) is 0. The van der Waals surface area contributed by atoms with E-state index in [0.29, 0.717) is 11.4 Å². The third-order valence-electron chi connectivity index (χ3n) is 4.03. The molecule has 0 unspecified atom stereocenters. The van der Waals surface area contributed by atoms with Crippen LogP contribution in [0.3, 0.4) is 0 Å². The average molecular weight is 302 g/mol. The Bertz CT molecular complexity index is 764. The number of carboxylic acids is 1. The van der Waals surface area contributed by atoms with Crippen molar-refractivity contribution >= 4 is 11.7 Å². The molecule has 2 aromatic rings. The normalized spacial score (nSPS) is 14.6. The van der Waals surface area contributed by atoms with Gasteiger partial charge in [0.2, 0.25) is 0 Å². The zero-order valence-electron chi connectivity index (χ0n) is 11.9. The lowest BCUT2D eigenvalue weighted by Gasteiger charge is -2.26. The highest BCUT2D eigenvalue weighted by Crippen LogP contribution is 2.39.